The maximum Gasteiger partial charge on any atom is 0.234 e. The first-order valence-electron chi connectivity index (χ1n) is 5.74. The standard InChI is InChI=1S/C14H13BrN2OS/c1-10-2-3-11(15)8-13(10)17-14(18)9-19-12-4-6-16-7-5-12/h2-8H,9H2,1H3,(H,17,18). The Hall–Kier alpha value is -1.33. The lowest BCUT2D eigenvalue weighted by molar-refractivity contribution is -0.113. The molecule has 1 N–H and O–H groups in total. The second-order valence-corrected chi connectivity index (χ2v) is 5.94. The van der Waals surface area contributed by atoms with Crippen LogP contribution in [0.25, 0.3) is 0 Å². The lowest BCUT2D eigenvalue weighted by Crippen LogP contribution is -2.14. The molecule has 0 radical (unpaired) electrons. The van der Waals surface area contributed by atoms with Gasteiger partial charge in [-0.05, 0) is 36.8 Å². The van der Waals surface area contributed by atoms with Gasteiger partial charge in [0.25, 0.3) is 0 Å². The molecule has 98 valence electrons. The number of pyridine rings is 1. The van der Waals surface area contributed by atoms with Crippen LogP contribution in [0.3, 0.4) is 0 Å². The maximum absolute atomic E-state index is 11.9. The van der Waals surface area contributed by atoms with Gasteiger partial charge in [-0.15, -0.1) is 11.8 Å². The van der Waals surface area contributed by atoms with E-state index in [2.05, 4.69) is 26.2 Å². The van der Waals surface area contributed by atoms with Gasteiger partial charge >= 0.3 is 0 Å². The van der Waals surface area contributed by atoms with Crippen LogP contribution < -0.4 is 5.32 Å². The van der Waals surface area contributed by atoms with Gasteiger partial charge in [-0.25, -0.2) is 0 Å². The van der Waals surface area contributed by atoms with Gasteiger partial charge < -0.3 is 5.32 Å². The number of anilines is 1. The van der Waals surface area contributed by atoms with Crippen molar-refractivity contribution in [3.8, 4) is 0 Å². The highest BCUT2D eigenvalue weighted by Crippen LogP contribution is 2.21. The molecule has 2 rings (SSSR count). The molecular weight excluding hydrogens is 324 g/mol. The molecule has 0 aliphatic heterocycles. The maximum atomic E-state index is 11.9. The molecule has 0 saturated heterocycles. The van der Waals surface area contributed by atoms with Gasteiger partial charge in [0.1, 0.15) is 0 Å². The largest absolute Gasteiger partial charge is 0.325 e. The number of thioether (sulfide) groups is 1. The lowest BCUT2D eigenvalue weighted by Gasteiger charge is -2.08. The average molecular weight is 337 g/mol. The fourth-order valence-electron chi connectivity index (χ4n) is 1.50. The molecule has 19 heavy (non-hydrogen) atoms. The number of benzene rings is 1. The number of aryl methyl sites for hydroxylation is 1. The quantitative estimate of drug-likeness (QED) is 0.861. The molecule has 0 fully saturated rings. The van der Waals surface area contributed by atoms with E-state index in [4.69, 9.17) is 0 Å². The molecule has 0 unspecified atom stereocenters. The summed E-state index contributed by atoms with van der Waals surface area (Å²) in [4.78, 5) is 16.9. The Balaban J connectivity index is 1.93. The van der Waals surface area contributed by atoms with Crippen molar-refractivity contribution in [1.82, 2.24) is 4.98 Å². The molecular formula is C14H13BrN2OS. The Kier molecular flexibility index (Phi) is 4.99. The number of carbonyl (C=O) groups excluding carboxylic acids is 1. The zero-order valence-corrected chi connectivity index (χ0v) is 12.8. The smallest absolute Gasteiger partial charge is 0.234 e. The molecule has 0 spiro atoms. The van der Waals surface area contributed by atoms with Gasteiger partial charge in [-0.2, -0.15) is 0 Å². The molecule has 1 aromatic heterocycles. The van der Waals surface area contributed by atoms with E-state index in [1.165, 1.54) is 11.8 Å². The second-order valence-electron chi connectivity index (χ2n) is 3.98. The number of hydrogen-bond acceptors (Lipinski definition) is 3. The molecule has 5 heteroatoms. The third kappa shape index (κ3) is 4.36. The summed E-state index contributed by atoms with van der Waals surface area (Å²) in [6.45, 7) is 1.97. The Morgan fingerprint density at radius 3 is 2.79 bits per heavy atom. The van der Waals surface area contributed by atoms with Crippen LogP contribution in [0.15, 0.2) is 52.1 Å². The normalized spacial score (nSPS) is 10.2. The first-order valence-corrected chi connectivity index (χ1v) is 7.52. The minimum Gasteiger partial charge on any atom is -0.325 e. The van der Waals surface area contributed by atoms with Crippen molar-refractivity contribution in [2.75, 3.05) is 11.1 Å². The monoisotopic (exact) mass is 336 g/mol. The van der Waals surface area contributed by atoms with E-state index in [9.17, 15) is 4.79 Å². The first-order chi connectivity index (χ1) is 9.15. The molecule has 3 nitrogen and oxygen atoms in total. The molecule has 1 aromatic carbocycles. The molecule has 0 saturated carbocycles. The van der Waals surface area contributed by atoms with Crippen LogP contribution in [0.2, 0.25) is 0 Å². The van der Waals surface area contributed by atoms with Crippen molar-refractivity contribution in [2.45, 2.75) is 11.8 Å². The molecule has 1 heterocycles. The predicted molar refractivity (Wildman–Crippen MR) is 82.5 cm³/mol. The van der Waals surface area contributed by atoms with Gasteiger partial charge in [0.15, 0.2) is 0 Å². The van der Waals surface area contributed by atoms with Crippen LogP contribution in [0.1, 0.15) is 5.56 Å². The zero-order valence-electron chi connectivity index (χ0n) is 10.4. The van der Waals surface area contributed by atoms with Crippen molar-refractivity contribution in [1.29, 1.82) is 0 Å². The van der Waals surface area contributed by atoms with Crippen LogP contribution in [-0.4, -0.2) is 16.6 Å². The summed E-state index contributed by atoms with van der Waals surface area (Å²) in [6.07, 6.45) is 3.44. The third-order valence-corrected chi connectivity index (χ3v) is 4.00. The van der Waals surface area contributed by atoms with Crippen LogP contribution in [-0.2, 0) is 4.79 Å². The van der Waals surface area contributed by atoms with Crippen LogP contribution >= 0.6 is 27.7 Å². The number of rotatable bonds is 4. The van der Waals surface area contributed by atoms with E-state index in [-0.39, 0.29) is 5.91 Å². The summed E-state index contributed by atoms with van der Waals surface area (Å²) in [6, 6.07) is 9.61. The van der Waals surface area contributed by atoms with Crippen molar-refractivity contribution in [3.05, 3.63) is 52.8 Å². The fourth-order valence-corrected chi connectivity index (χ4v) is 2.54. The summed E-state index contributed by atoms with van der Waals surface area (Å²) < 4.78 is 0.954. The highest BCUT2D eigenvalue weighted by Gasteiger charge is 2.06. The predicted octanol–water partition coefficient (Wildman–Crippen LogP) is 3.88. The summed E-state index contributed by atoms with van der Waals surface area (Å²) in [5, 5.41) is 2.92. The number of amides is 1. The Bertz CT molecular complexity index is 575. The number of halogens is 1. The molecule has 0 bridgehead atoms. The second kappa shape index (κ2) is 6.73. The zero-order chi connectivity index (χ0) is 13.7. The van der Waals surface area contributed by atoms with Crippen LogP contribution in [0.4, 0.5) is 5.69 Å². The van der Waals surface area contributed by atoms with Crippen molar-refractivity contribution in [2.24, 2.45) is 0 Å². The average Bonchev–Trinajstić information content (AvgIpc) is 2.42. The van der Waals surface area contributed by atoms with Crippen molar-refractivity contribution in [3.63, 3.8) is 0 Å². The van der Waals surface area contributed by atoms with Crippen LogP contribution in [0, 0.1) is 6.92 Å². The molecule has 1 amide bonds. The van der Waals surface area contributed by atoms with E-state index in [0.29, 0.717) is 5.75 Å². The molecule has 0 aliphatic rings. The summed E-state index contributed by atoms with van der Waals surface area (Å²) in [5.74, 6) is 0.374. The van der Waals surface area contributed by atoms with E-state index in [0.717, 1.165) is 20.6 Å². The fraction of sp³-hybridized carbons (Fsp3) is 0.143. The number of nitrogens with one attached hydrogen (secondary N) is 1. The summed E-state index contributed by atoms with van der Waals surface area (Å²) >= 11 is 4.89. The van der Waals surface area contributed by atoms with Gasteiger partial charge in [0.05, 0.1) is 5.75 Å². The Morgan fingerprint density at radius 2 is 2.05 bits per heavy atom. The van der Waals surface area contributed by atoms with Gasteiger partial charge in [-0.3, -0.25) is 9.78 Å². The lowest BCUT2D eigenvalue weighted by atomic mass is 10.2. The van der Waals surface area contributed by atoms with Crippen molar-refractivity contribution >= 4 is 39.3 Å². The van der Waals surface area contributed by atoms with Crippen molar-refractivity contribution < 1.29 is 4.79 Å². The Morgan fingerprint density at radius 1 is 1.32 bits per heavy atom. The molecule has 2 aromatic rings. The topological polar surface area (TPSA) is 42.0 Å². The summed E-state index contributed by atoms with van der Waals surface area (Å²) in [7, 11) is 0. The van der Waals surface area contributed by atoms with Crippen LogP contribution in [0.5, 0.6) is 0 Å². The van der Waals surface area contributed by atoms with E-state index < -0.39 is 0 Å². The van der Waals surface area contributed by atoms with E-state index in [1.54, 1.807) is 12.4 Å². The van der Waals surface area contributed by atoms with Gasteiger partial charge in [-0.1, -0.05) is 22.0 Å². The first kappa shape index (κ1) is 14.1. The Labute approximate surface area is 125 Å². The minimum absolute atomic E-state index is 0.0111. The van der Waals surface area contributed by atoms with Gasteiger partial charge in [0.2, 0.25) is 5.91 Å². The summed E-state index contributed by atoms with van der Waals surface area (Å²) in [5.41, 5.74) is 1.89. The highest BCUT2D eigenvalue weighted by atomic mass is 79.9. The highest BCUT2D eigenvalue weighted by molar-refractivity contribution is 9.10. The molecule has 0 aliphatic carbocycles. The molecule has 0 atom stereocenters. The third-order valence-electron chi connectivity index (χ3n) is 2.49. The number of aromatic nitrogens is 1. The minimum atomic E-state index is -0.0111. The number of hydrogen-bond donors (Lipinski definition) is 1. The van der Waals surface area contributed by atoms with Gasteiger partial charge in [0, 0.05) is 27.4 Å². The SMILES string of the molecule is Cc1ccc(Br)cc1NC(=O)CSc1ccncc1. The number of carbonyl (C=O) groups is 1. The van der Waals surface area contributed by atoms with E-state index in [1.807, 2.05) is 37.3 Å². The van der Waals surface area contributed by atoms with E-state index >= 15 is 0 Å². The number of nitrogens with zero attached hydrogens (tertiary/aromatic N) is 1.